The van der Waals surface area contributed by atoms with Crippen molar-refractivity contribution in [1.29, 1.82) is 0 Å². The fraction of sp³-hybridized carbons (Fsp3) is 0.292. The van der Waals surface area contributed by atoms with E-state index < -0.39 is 5.82 Å². The second kappa shape index (κ2) is 11.0. The first-order valence-electron chi connectivity index (χ1n) is 10.2. The van der Waals surface area contributed by atoms with Crippen LogP contribution in [0.5, 0.6) is 5.75 Å². The van der Waals surface area contributed by atoms with E-state index in [0.29, 0.717) is 23.2 Å². The molecule has 2 heterocycles. The number of rotatable bonds is 10. The van der Waals surface area contributed by atoms with Crippen LogP contribution in [0.25, 0.3) is 11.0 Å². The number of benzene rings is 1. The van der Waals surface area contributed by atoms with Gasteiger partial charge in [-0.25, -0.2) is 9.37 Å². The molecule has 0 fully saturated rings. The van der Waals surface area contributed by atoms with Gasteiger partial charge in [-0.1, -0.05) is 37.6 Å². The molecule has 0 aliphatic carbocycles. The third-order valence-corrected chi connectivity index (χ3v) is 4.57. The Hall–Kier alpha value is -3.28. The Labute approximate surface area is 176 Å². The predicted octanol–water partition coefficient (Wildman–Crippen LogP) is 5.21. The van der Waals surface area contributed by atoms with Gasteiger partial charge in [0, 0.05) is 18.3 Å². The van der Waals surface area contributed by atoms with Gasteiger partial charge in [-0.3, -0.25) is 9.78 Å². The number of pyridine rings is 2. The van der Waals surface area contributed by atoms with E-state index in [1.165, 1.54) is 0 Å². The zero-order valence-electron chi connectivity index (χ0n) is 17.1. The van der Waals surface area contributed by atoms with E-state index in [2.05, 4.69) is 34.4 Å². The summed E-state index contributed by atoms with van der Waals surface area (Å²) in [4.78, 5) is 20.9. The van der Waals surface area contributed by atoms with Crippen molar-refractivity contribution >= 4 is 16.9 Å². The van der Waals surface area contributed by atoms with Crippen molar-refractivity contribution in [3.63, 3.8) is 0 Å². The van der Waals surface area contributed by atoms with Gasteiger partial charge in [0.2, 0.25) is 0 Å². The lowest BCUT2D eigenvalue weighted by molar-refractivity contribution is 0.0946. The van der Waals surface area contributed by atoms with Crippen LogP contribution in [-0.4, -0.2) is 22.5 Å². The minimum absolute atomic E-state index is 0.0500. The van der Waals surface area contributed by atoms with Crippen LogP contribution < -0.4 is 10.1 Å². The highest BCUT2D eigenvalue weighted by molar-refractivity contribution is 5.94. The highest BCUT2D eigenvalue weighted by Crippen LogP contribution is 2.21. The zero-order chi connectivity index (χ0) is 21.2. The Balaban J connectivity index is 1.54. The van der Waals surface area contributed by atoms with Crippen molar-refractivity contribution in [3.05, 3.63) is 77.9 Å². The van der Waals surface area contributed by atoms with E-state index >= 15 is 0 Å². The second-order valence-electron chi connectivity index (χ2n) is 6.90. The first kappa shape index (κ1) is 21.4. The minimum atomic E-state index is -0.449. The van der Waals surface area contributed by atoms with Gasteiger partial charge in [0.05, 0.1) is 17.6 Å². The maximum atomic E-state index is 14.7. The van der Waals surface area contributed by atoms with Crippen LogP contribution in [0.1, 0.15) is 48.7 Å². The van der Waals surface area contributed by atoms with E-state index in [4.69, 9.17) is 4.74 Å². The second-order valence-corrected chi connectivity index (χ2v) is 6.90. The Kier molecular flexibility index (Phi) is 7.89. The number of hydrogen-bond acceptors (Lipinski definition) is 4. The van der Waals surface area contributed by atoms with E-state index in [0.717, 1.165) is 25.7 Å². The fourth-order valence-corrected chi connectivity index (χ4v) is 2.94. The van der Waals surface area contributed by atoms with Crippen molar-refractivity contribution in [2.45, 2.75) is 39.2 Å². The predicted molar refractivity (Wildman–Crippen MR) is 116 cm³/mol. The number of nitrogens with one attached hydrogen (secondary N) is 1. The molecule has 1 aromatic carbocycles. The van der Waals surface area contributed by atoms with Gasteiger partial charge in [-0.05, 0) is 49.6 Å². The van der Waals surface area contributed by atoms with Crippen LogP contribution in [0.2, 0.25) is 0 Å². The smallest absolute Gasteiger partial charge is 0.270 e. The molecule has 0 aliphatic rings. The molecule has 1 N–H and O–H groups in total. The molecular formula is C24H26FN3O2. The van der Waals surface area contributed by atoms with Gasteiger partial charge in [0.1, 0.15) is 5.69 Å². The summed E-state index contributed by atoms with van der Waals surface area (Å²) in [6, 6.07) is 11.9. The van der Waals surface area contributed by atoms with Crippen LogP contribution in [0.4, 0.5) is 4.39 Å². The summed E-state index contributed by atoms with van der Waals surface area (Å²) >= 11 is 0. The summed E-state index contributed by atoms with van der Waals surface area (Å²) in [6.45, 7) is 2.63. The van der Waals surface area contributed by atoms with Crippen LogP contribution >= 0.6 is 0 Å². The van der Waals surface area contributed by atoms with E-state index in [1.54, 1.807) is 48.7 Å². The molecule has 0 aliphatic heterocycles. The minimum Gasteiger partial charge on any atom is -0.490 e. The van der Waals surface area contributed by atoms with Crippen LogP contribution in [0.15, 0.2) is 60.8 Å². The number of fused-ring (bicyclic) bond motifs is 1. The number of ether oxygens (including phenoxy) is 1. The van der Waals surface area contributed by atoms with Crippen LogP contribution in [0, 0.1) is 5.82 Å². The Morgan fingerprint density at radius 2 is 1.97 bits per heavy atom. The number of carbonyl (C=O) groups excluding carboxylic acids is 1. The van der Waals surface area contributed by atoms with Crippen molar-refractivity contribution in [2.75, 3.05) is 6.61 Å². The van der Waals surface area contributed by atoms with Gasteiger partial charge in [0.15, 0.2) is 11.6 Å². The average molecular weight is 407 g/mol. The van der Waals surface area contributed by atoms with Gasteiger partial charge < -0.3 is 10.1 Å². The van der Waals surface area contributed by atoms with Crippen molar-refractivity contribution in [2.24, 2.45) is 0 Å². The SMILES string of the molecule is CCCC=CCCCOc1cccc(CNC(=O)c2ccc3ncccc3n2)c1F. The zero-order valence-corrected chi connectivity index (χ0v) is 17.1. The van der Waals surface area contributed by atoms with Gasteiger partial charge in [-0.2, -0.15) is 0 Å². The standard InChI is InChI=1S/C24H26FN3O2/c1-2-3-4-5-6-7-16-30-22-12-8-10-18(23(22)25)17-27-24(29)21-14-13-19-20(28-21)11-9-15-26-19/h4-5,8-15H,2-3,6-7,16-17H2,1H3,(H,27,29). The molecule has 0 radical (unpaired) electrons. The Bertz CT molecular complexity index is 1020. The number of amides is 1. The van der Waals surface area contributed by atoms with Gasteiger partial charge in [0.25, 0.3) is 5.91 Å². The maximum absolute atomic E-state index is 14.7. The maximum Gasteiger partial charge on any atom is 0.270 e. The molecule has 0 unspecified atom stereocenters. The number of nitrogens with zero attached hydrogens (tertiary/aromatic N) is 2. The molecule has 0 saturated heterocycles. The lowest BCUT2D eigenvalue weighted by atomic mass is 10.2. The molecule has 0 spiro atoms. The quantitative estimate of drug-likeness (QED) is 0.370. The fourth-order valence-electron chi connectivity index (χ4n) is 2.94. The van der Waals surface area contributed by atoms with E-state index in [1.807, 2.05) is 0 Å². The largest absolute Gasteiger partial charge is 0.490 e. The number of hydrogen-bond donors (Lipinski definition) is 1. The number of allylic oxidation sites excluding steroid dienone is 2. The summed E-state index contributed by atoms with van der Waals surface area (Å²) < 4.78 is 20.3. The first-order valence-corrected chi connectivity index (χ1v) is 10.2. The van der Waals surface area contributed by atoms with E-state index in [9.17, 15) is 9.18 Å². The first-order chi connectivity index (χ1) is 14.7. The number of unbranched alkanes of at least 4 members (excludes halogenated alkanes) is 2. The third kappa shape index (κ3) is 5.86. The number of aromatic nitrogens is 2. The molecule has 5 nitrogen and oxygen atoms in total. The summed E-state index contributed by atoms with van der Waals surface area (Å²) in [5.74, 6) is -0.616. The molecule has 3 aromatic rings. The molecule has 156 valence electrons. The topological polar surface area (TPSA) is 64.1 Å². The molecule has 1 amide bonds. The summed E-state index contributed by atoms with van der Waals surface area (Å²) in [6.07, 6.45) is 9.90. The van der Waals surface area contributed by atoms with Crippen molar-refractivity contribution in [3.8, 4) is 5.75 Å². The molecule has 30 heavy (non-hydrogen) atoms. The summed E-state index contributed by atoms with van der Waals surface area (Å²) in [7, 11) is 0. The molecule has 0 saturated carbocycles. The Morgan fingerprint density at radius 1 is 1.10 bits per heavy atom. The lowest BCUT2D eigenvalue weighted by Gasteiger charge is -2.11. The van der Waals surface area contributed by atoms with Crippen molar-refractivity contribution in [1.82, 2.24) is 15.3 Å². The highest BCUT2D eigenvalue weighted by Gasteiger charge is 2.12. The lowest BCUT2D eigenvalue weighted by Crippen LogP contribution is -2.24. The summed E-state index contributed by atoms with van der Waals surface area (Å²) in [5.41, 5.74) is 1.98. The average Bonchev–Trinajstić information content (AvgIpc) is 2.78. The molecule has 2 aromatic heterocycles. The van der Waals surface area contributed by atoms with Crippen molar-refractivity contribution < 1.29 is 13.9 Å². The normalized spacial score (nSPS) is 11.1. The van der Waals surface area contributed by atoms with Gasteiger partial charge >= 0.3 is 0 Å². The summed E-state index contributed by atoms with van der Waals surface area (Å²) in [5, 5.41) is 2.72. The highest BCUT2D eigenvalue weighted by atomic mass is 19.1. The van der Waals surface area contributed by atoms with Crippen LogP contribution in [0.3, 0.4) is 0 Å². The monoisotopic (exact) mass is 407 g/mol. The third-order valence-electron chi connectivity index (χ3n) is 4.57. The van der Waals surface area contributed by atoms with Crippen LogP contribution in [-0.2, 0) is 6.54 Å². The molecule has 3 rings (SSSR count). The van der Waals surface area contributed by atoms with Gasteiger partial charge in [-0.15, -0.1) is 0 Å². The Morgan fingerprint density at radius 3 is 2.83 bits per heavy atom. The molecule has 0 bridgehead atoms. The van der Waals surface area contributed by atoms with E-state index in [-0.39, 0.29) is 23.9 Å². The number of carbonyl (C=O) groups is 1. The number of halogens is 1. The molecular weight excluding hydrogens is 381 g/mol. The molecule has 6 heteroatoms. The molecule has 0 atom stereocenters.